The summed E-state index contributed by atoms with van der Waals surface area (Å²) in [4.78, 5) is 15.8. The monoisotopic (exact) mass is 832 g/mol. The predicted octanol–water partition coefficient (Wildman–Crippen LogP) is 15.3. The van der Waals surface area contributed by atoms with Gasteiger partial charge in [-0.1, -0.05) is 164 Å². The van der Waals surface area contributed by atoms with Gasteiger partial charge in [0.2, 0.25) is 0 Å². The average molecular weight is 833 g/mol. The number of aryl methyl sites for hydroxylation is 1. The summed E-state index contributed by atoms with van der Waals surface area (Å²) in [5.74, 6) is 2.06. The third-order valence-corrected chi connectivity index (χ3v) is 13.3. The number of hydrogen-bond acceptors (Lipinski definition) is 4. The van der Waals surface area contributed by atoms with Crippen LogP contribution in [0.3, 0.4) is 0 Å². The first kappa shape index (κ1) is 37.2. The summed E-state index contributed by atoms with van der Waals surface area (Å²) in [6.07, 6.45) is 2.10. The second-order valence-electron chi connectivity index (χ2n) is 17.0. The highest BCUT2D eigenvalue weighted by molar-refractivity contribution is 6.16. The number of nitrogens with zero attached hydrogens (tertiary/aromatic N) is 4. The molecule has 306 valence electrons. The van der Waals surface area contributed by atoms with Gasteiger partial charge in [-0.15, -0.1) is 0 Å². The Labute approximate surface area is 376 Å². The highest BCUT2D eigenvalue weighted by atomic mass is 16.3. The predicted molar refractivity (Wildman–Crippen MR) is 265 cm³/mol. The van der Waals surface area contributed by atoms with Crippen molar-refractivity contribution in [3.63, 3.8) is 0 Å². The molecule has 0 radical (unpaired) electrons. The summed E-state index contributed by atoms with van der Waals surface area (Å²) >= 11 is 0. The lowest BCUT2D eigenvalue weighted by molar-refractivity contribution is 0.669. The molecule has 0 saturated heterocycles. The number of aromatic nitrogens is 4. The molecule has 1 aliphatic rings. The summed E-state index contributed by atoms with van der Waals surface area (Å²) < 4.78 is 8.92. The van der Waals surface area contributed by atoms with Gasteiger partial charge in [-0.3, -0.25) is 0 Å². The van der Waals surface area contributed by atoms with Gasteiger partial charge in [0.15, 0.2) is 17.5 Å². The van der Waals surface area contributed by atoms with Gasteiger partial charge in [0.25, 0.3) is 0 Å². The van der Waals surface area contributed by atoms with Crippen LogP contribution in [0.15, 0.2) is 217 Å². The molecule has 12 aromatic rings. The van der Waals surface area contributed by atoms with Crippen molar-refractivity contribution in [2.24, 2.45) is 0 Å². The Kier molecular flexibility index (Phi) is 8.66. The van der Waals surface area contributed by atoms with E-state index in [0.29, 0.717) is 23.4 Å². The average Bonchev–Trinajstić information content (AvgIpc) is 3.87. The zero-order chi connectivity index (χ0) is 42.8. The molecule has 13 rings (SSSR count). The fourth-order valence-corrected chi connectivity index (χ4v) is 10.3. The van der Waals surface area contributed by atoms with Crippen LogP contribution in [0.2, 0.25) is 0 Å². The second kappa shape index (κ2) is 15.1. The molecule has 1 atom stereocenters. The lowest BCUT2D eigenvalue weighted by atomic mass is 9.84. The zero-order valence-corrected chi connectivity index (χ0v) is 35.4. The Morgan fingerprint density at radius 2 is 1.08 bits per heavy atom. The summed E-state index contributed by atoms with van der Waals surface area (Å²) in [6, 6.07) is 75.7. The minimum atomic E-state index is 0.311. The molecule has 0 spiro atoms. The molecule has 5 heteroatoms. The number of furan rings is 1. The van der Waals surface area contributed by atoms with Gasteiger partial charge in [0.1, 0.15) is 11.2 Å². The molecule has 0 aliphatic heterocycles. The van der Waals surface area contributed by atoms with Crippen LogP contribution < -0.4 is 0 Å². The number of fused-ring (bicyclic) bond motifs is 9. The highest BCUT2D eigenvalue weighted by Gasteiger charge is 2.26. The lowest BCUT2D eigenvalue weighted by Gasteiger charge is -2.19. The summed E-state index contributed by atoms with van der Waals surface area (Å²) in [7, 11) is 0. The molecule has 1 aliphatic carbocycles. The Morgan fingerprint density at radius 1 is 0.431 bits per heavy atom. The van der Waals surface area contributed by atoms with Gasteiger partial charge in [0.05, 0.1) is 16.6 Å². The third kappa shape index (κ3) is 6.19. The minimum absolute atomic E-state index is 0.311. The number of para-hydroxylation sites is 3. The summed E-state index contributed by atoms with van der Waals surface area (Å²) in [6.45, 7) is 0. The molecule has 0 N–H and O–H groups in total. The normalized spacial score (nSPS) is 13.6. The van der Waals surface area contributed by atoms with Crippen LogP contribution in [0, 0.1) is 0 Å². The van der Waals surface area contributed by atoms with Crippen molar-refractivity contribution < 1.29 is 4.42 Å². The van der Waals surface area contributed by atoms with Crippen LogP contribution in [-0.2, 0) is 6.42 Å². The van der Waals surface area contributed by atoms with E-state index >= 15 is 0 Å². The van der Waals surface area contributed by atoms with Gasteiger partial charge in [-0.25, -0.2) is 15.0 Å². The van der Waals surface area contributed by atoms with E-state index in [9.17, 15) is 0 Å². The van der Waals surface area contributed by atoms with Crippen molar-refractivity contribution in [2.45, 2.75) is 18.8 Å². The van der Waals surface area contributed by atoms with Crippen LogP contribution in [-0.4, -0.2) is 19.5 Å². The van der Waals surface area contributed by atoms with Crippen LogP contribution in [0.25, 0.3) is 106 Å². The van der Waals surface area contributed by atoms with Crippen LogP contribution >= 0.6 is 0 Å². The molecule has 65 heavy (non-hydrogen) atoms. The van der Waals surface area contributed by atoms with E-state index in [1.165, 1.54) is 33.4 Å². The van der Waals surface area contributed by atoms with Gasteiger partial charge in [-0.05, 0) is 100 Å². The molecule has 0 amide bonds. The highest BCUT2D eigenvalue weighted by Crippen LogP contribution is 2.45. The minimum Gasteiger partial charge on any atom is -0.455 e. The molecule has 9 aromatic carbocycles. The SMILES string of the molecule is c1ccc(-c2nc(-c3cccc4c3oc3ccccc34)nc(-c3cccc4c3c3cc(-c5ccc6c(c5)-c5ccccc5CCC6c5ccccc5)ccc3n4-c3ccccc3)n2)cc1. The molecule has 5 nitrogen and oxygen atoms in total. The number of hydrogen-bond donors (Lipinski definition) is 0. The molecule has 3 aromatic heterocycles. The zero-order valence-electron chi connectivity index (χ0n) is 35.4. The fourth-order valence-electron chi connectivity index (χ4n) is 10.3. The van der Waals surface area contributed by atoms with Crippen molar-refractivity contribution in [3.05, 3.63) is 229 Å². The molecular formula is C60H40N4O. The summed E-state index contributed by atoms with van der Waals surface area (Å²) in [5.41, 5.74) is 16.6. The van der Waals surface area contributed by atoms with E-state index in [2.05, 4.69) is 174 Å². The Morgan fingerprint density at radius 3 is 1.94 bits per heavy atom. The molecule has 0 fully saturated rings. The van der Waals surface area contributed by atoms with E-state index in [1.807, 2.05) is 42.5 Å². The fraction of sp³-hybridized carbons (Fsp3) is 0.0500. The Balaban J connectivity index is 1.05. The van der Waals surface area contributed by atoms with E-state index in [0.717, 1.165) is 84.5 Å². The van der Waals surface area contributed by atoms with Crippen molar-refractivity contribution in [1.29, 1.82) is 0 Å². The molecule has 0 saturated carbocycles. The maximum atomic E-state index is 6.55. The molecule has 0 bridgehead atoms. The smallest absolute Gasteiger partial charge is 0.167 e. The van der Waals surface area contributed by atoms with Gasteiger partial charge >= 0.3 is 0 Å². The standard InChI is InChI=1S/C60H40N4O/c1-4-16-38(17-5-1)45-33-30-39-18-10-11-23-44(39)51-36-41(31-34-46(45)51)42-32-35-53-52(37-42)56-49(26-15-28-54(56)64(53)43-21-8-3-9-22-43)59-61-58(40-19-6-2-7-20-40)62-60(63-59)50-27-14-25-48-47-24-12-13-29-55(47)65-57(48)50/h1-29,31-32,34-37,45H,30,33H2. The van der Waals surface area contributed by atoms with E-state index in [4.69, 9.17) is 19.4 Å². The largest absolute Gasteiger partial charge is 0.455 e. The molecule has 1 unspecified atom stereocenters. The maximum Gasteiger partial charge on any atom is 0.167 e. The van der Waals surface area contributed by atoms with Crippen molar-refractivity contribution in [2.75, 3.05) is 0 Å². The van der Waals surface area contributed by atoms with E-state index in [1.54, 1.807) is 0 Å². The van der Waals surface area contributed by atoms with Crippen LogP contribution in [0.5, 0.6) is 0 Å². The number of benzene rings is 9. The third-order valence-electron chi connectivity index (χ3n) is 13.3. The quantitative estimate of drug-likeness (QED) is 0.167. The first-order valence-corrected chi connectivity index (χ1v) is 22.4. The molecule has 3 heterocycles. The lowest BCUT2D eigenvalue weighted by Crippen LogP contribution is -2.02. The second-order valence-corrected chi connectivity index (χ2v) is 17.0. The van der Waals surface area contributed by atoms with Crippen molar-refractivity contribution in [3.8, 4) is 62.1 Å². The first-order chi connectivity index (χ1) is 32.2. The van der Waals surface area contributed by atoms with E-state index < -0.39 is 0 Å². The van der Waals surface area contributed by atoms with Crippen LogP contribution in [0.1, 0.15) is 29.0 Å². The number of rotatable bonds is 6. The Bertz CT molecular complexity index is 3780. The van der Waals surface area contributed by atoms with Crippen molar-refractivity contribution >= 4 is 43.7 Å². The van der Waals surface area contributed by atoms with Crippen LogP contribution in [0.4, 0.5) is 0 Å². The van der Waals surface area contributed by atoms with Crippen molar-refractivity contribution in [1.82, 2.24) is 19.5 Å². The maximum absolute atomic E-state index is 6.55. The topological polar surface area (TPSA) is 56.7 Å². The summed E-state index contributed by atoms with van der Waals surface area (Å²) in [5, 5.41) is 4.29. The van der Waals surface area contributed by atoms with Gasteiger partial charge < -0.3 is 8.98 Å². The first-order valence-electron chi connectivity index (χ1n) is 22.4. The van der Waals surface area contributed by atoms with Gasteiger partial charge in [-0.2, -0.15) is 0 Å². The van der Waals surface area contributed by atoms with E-state index in [-0.39, 0.29) is 0 Å². The Hall–Kier alpha value is -8.41. The molecular weight excluding hydrogens is 793 g/mol. The van der Waals surface area contributed by atoms with Gasteiger partial charge in [0, 0.05) is 44.3 Å².